The van der Waals surface area contributed by atoms with Crippen molar-refractivity contribution >= 4 is 33.4 Å². The molecule has 2 atom stereocenters. The van der Waals surface area contributed by atoms with Gasteiger partial charge in [0.15, 0.2) is 0 Å². The molecule has 100 valence electrons. The lowest BCUT2D eigenvalue weighted by Crippen LogP contribution is -2.27. The molecule has 0 saturated heterocycles. The Labute approximate surface area is 118 Å². The number of aliphatic hydroxyl groups excluding tert-OH is 2. The molecule has 0 bridgehead atoms. The maximum atomic E-state index is 10.7. The highest BCUT2D eigenvalue weighted by molar-refractivity contribution is 9.10. The molecule has 0 aliphatic rings. The maximum Gasteiger partial charge on any atom is 0.216 e. The number of rotatable bonds is 5. The van der Waals surface area contributed by atoms with Gasteiger partial charge < -0.3 is 15.5 Å². The van der Waals surface area contributed by atoms with E-state index in [1.165, 1.54) is 13.1 Å². The number of amides is 1. The monoisotopic (exact) mass is 336 g/mol. The average molecular weight is 338 g/mol. The number of halogens is 2. The summed E-state index contributed by atoms with van der Waals surface area (Å²) >= 11 is 9.06. The molecule has 5 nitrogen and oxygen atoms in total. The largest absolute Gasteiger partial charge is 0.390 e. The van der Waals surface area contributed by atoms with E-state index in [2.05, 4.69) is 26.2 Å². The molecule has 1 aromatic heterocycles. The van der Waals surface area contributed by atoms with Crippen molar-refractivity contribution in [1.29, 1.82) is 0 Å². The van der Waals surface area contributed by atoms with E-state index in [4.69, 9.17) is 11.6 Å². The maximum absolute atomic E-state index is 10.7. The molecule has 3 N–H and O–H groups in total. The van der Waals surface area contributed by atoms with E-state index in [0.717, 1.165) is 0 Å². The molecule has 7 heteroatoms. The molecule has 2 unspecified atom stereocenters. The Bertz CT molecular complexity index is 431. The van der Waals surface area contributed by atoms with Crippen LogP contribution in [0.5, 0.6) is 0 Å². The zero-order valence-electron chi connectivity index (χ0n) is 9.73. The van der Waals surface area contributed by atoms with E-state index in [9.17, 15) is 15.0 Å². The molecular formula is C11H14BrClN2O3. The van der Waals surface area contributed by atoms with Gasteiger partial charge in [-0.2, -0.15) is 0 Å². The lowest BCUT2D eigenvalue weighted by atomic mass is 10.0. The Balaban J connectivity index is 2.64. The summed E-state index contributed by atoms with van der Waals surface area (Å²) in [5, 5.41) is 22.4. The van der Waals surface area contributed by atoms with Crippen LogP contribution in [-0.2, 0) is 4.79 Å². The predicted octanol–water partition coefficient (Wildman–Crippen LogP) is 1.42. The van der Waals surface area contributed by atoms with Crippen molar-refractivity contribution < 1.29 is 15.0 Å². The highest BCUT2D eigenvalue weighted by atomic mass is 79.9. The Morgan fingerprint density at radius 3 is 2.89 bits per heavy atom. The summed E-state index contributed by atoms with van der Waals surface area (Å²) in [5.41, 5.74) is 0.348. The van der Waals surface area contributed by atoms with Crippen LogP contribution in [0.1, 0.15) is 25.0 Å². The third-order valence-electron chi connectivity index (χ3n) is 2.33. The van der Waals surface area contributed by atoms with E-state index in [1.54, 1.807) is 6.07 Å². The summed E-state index contributed by atoms with van der Waals surface area (Å²) in [6.45, 7) is 1.67. The number of hydrogen-bond donors (Lipinski definition) is 3. The van der Waals surface area contributed by atoms with Crippen LogP contribution in [0, 0.1) is 0 Å². The fourth-order valence-corrected chi connectivity index (χ4v) is 1.97. The third-order valence-corrected chi connectivity index (χ3v) is 3.08. The first-order chi connectivity index (χ1) is 8.41. The van der Waals surface area contributed by atoms with Crippen molar-refractivity contribution in [3.05, 3.63) is 27.5 Å². The summed E-state index contributed by atoms with van der Waals surface area (Å²) < 4.78 is 0.662. The number of hydrogen-bond acceptors (Lipinski definition) is 4. The van der Waals surface area contributed by atoms with Crippen LogP contribution in [-0.4, -0.2) is 33.8 Å². The lowest BCUT2D eigenvalue weighted by Gasteiger charge is -2.19. The number of nitrogens with zero attached hydrogens (tertiary/aromatic N) is 1. The summed E-state index contributed by atoms with van der Waals surface area (Å²) in [6, 6.07) is 1.60. The fraction of sp³-hybridized carbons (Fsp3) is 0.455. The highest BCUT2D eigenvalue weighted by Crippen LogP contribution is 2.27. The Morgan fingerprint density at radius 1 is 1.61 bits per heavy atom. The quantitative estimate of drug-likeness (QED) is 0.710. The van der Waals surface area contributed by atoms with Gasteiger partial charge in [0.05, 0.1) is 6.10 Å². The van der Waals surface area contributed by atoms with Gasteiger partial charge in [-0.25, -0.2) is 4.98 Å². The fourth-order valence-electron chi connectivity index (χ4n) is 1.41. The Hall–Kier alpha value is -0.690. The molecule has 0 aliphatic heterocycles. The smallest absolute Gasteiger partial charge is 0.216 e. The molecule has 1 aromatic rings. The third kappa shape index (κ3) is 4.53. The van der Waals surface area contributed by atoms with Gasteiger partial charge in [-0.05, 0) is 28.4 Å². The van der Waals surface area contributed by atoms with E-state index < -0.39 is 12.2 Å². The summed E-state index contributed by atoms with van der Waals surface area (Å²) in [5.74, 6) is -0.182. The van der Waals surface area contributed by atoms with Crippen LogP contribution in [0.25, 0.3) is 0 Å². The van der Waals surface area contributed by atoms with Crippen LogP contribution in [0.15, 0.2) is 16.7 Å². The first-order valence-corrected chi connectivity index (χ1v) is 6.50. The van der Waals surface area contributed by atoms with E-state index in [0.29, 0.717) is 10.0 Å². The van der Waals surface area contributed by atoms with Gasteiger partial charge >= 0.3 is 0 Å². The molecule has 0 aliphatic carbocycles. The van der Waals surface area contributed by atoms with Crippen LogP contribution < -0.4 is 5.32 Å². The zero-order chi connectivity index (χ0) is 13.7. The summed E-state index contributed by atoms with van der Waals surface area (Å²) in [7, 11) is 0. The number of aromatic nitrogens is 1. The van der Waals surface area contributed by atoms with Crippen LogP contribution >= 0.6 is 27.5 Å². The van der Waals surface area contributed by atoms with Crippen LogP contribution in [0.4, 0.5) is 0 Å². The Morgan fingerprint density at radius 2 is 2.28 bits per heavy atom. The average Bonchev–Trinajstić information content (AvgIpc) is 2.30. The normalized spacial score (nSPS) is 14.1. The molecule has 0 aromatic carbocycles. The minimum atomic E-state index is -1.14. The van der Waals surface area contributed by atoms with Crippen molar-refractivity contribution in [1.82, 2.24) is 10.3 Å². The van der Waals surface area contributed by atoms with Crippen molar-refractivity contribution in [2.24, 2.45) is 0 Å². The second-order valence-electron chi connectivity index (χ2n) is 3.82. The number of carbonyl (C=O) groups excluding carboxylic acids is 1. The van der Waals surface area contributed by atoms with Crippen molar-refractivity contribution in [3.8, 4) is 0 Å². The number of carbonyl (C=O) groups is 1. The van der Waals surface area contributed by atoms with Crippen LogP contribution in [0.2, 0.25) is 5.15 Å². The molecule has 0 saturated carbocycles. The predicted molar refractivity (Wildman–Crippen MR) is 71.2 cm³/mol. The minimum Gasteiger partial charge on any atom is -0.390 e. The van der Waals surface area contributed by atoms with Gasteiger partial charge in [-0.15, -0.1) is 0 Å². The molecule has 1 heterocycles. The molecule has 0 spiro atoms. The van der Waals surface area contributed by atoms with Gasteiger partial charge in [-0.3, -0.25) is 4.79 Å². The highest BCUT2D eigenvalue weighted by Gasteiger charge is 2.21. The van der Waals surface area contributed by atoms with Crippen molar-refractivity contribution in [2.45, 2.75) is 25.6 Å². The van der Waals surface area contributed by atoms with E-state index >= 15 is 0 Å². The molecular weight excluding hydrogens is 323 g/mol. The SMILES string of the molecule is CC(=O)NCCC(O)C(O)c1cc(Br)cnc1Cl. The number of nitrogens with one attached hydrogen (secondary N) is 1. The van der Waals surface area contributed by atoms with Gasteiger partial charge in [0.1, 0.15) is 11.3 Å². The second kappa shape index (κ2) is 7.04. The standard InChI is InChI=1S/C11H14BrClN2O3/c1-6(16)14-3-2-9(17)10(18)8-4-7(12)5-15-11(8)13/h4-5,9-10,17-18H,2-3H2,1H3,(H,14,16). The molecule has 1 rings (SSSR count). The lowest BCUT2D eigenvalue weighted by molar-refractivity contribution is -0.119. The first kappa shape index (κ1) is 15.4. The summed E-state index contributed by atoms with van der Waals surface area (Å²) in [4.78, 5) is 14.5. The molecule has 0 fully saturated rings. The summed E-state index contributed by atoms with van der Waals surface area (Å²) in [6.07, 6.45) is -0.437. The van der Waals surface area contributed by atoms with Crippen molar-refractivity contribution in [2.75, 3.05) is 6.54 Å². The zero-order valence-corrected chi connectivity index (χ0v) is 12.1. The van der Waals surface area contributed by atoms with Gasteiger partial charge in [0.2, 0.25) is 5.91 Å². The first-order valence-electron chi connectivity index (χ1n) is 5.33. The number of pyridine rings is 1. The topological polar surface area (TPSA) is 82.5 Å². The van der Waals surface area contributed by atoms with Gasteiger partial charge in [0, 0.05) is 29.7 Å². The van der Waals surface area contributed by atoms with E-state index in [-0.39, 0.29) is 24.0 Å². The van der Waals surface area contributed by atoms with Crippen LogP contribution in [0.3, 0.4) is 0 Å². The van der Waals surface area contributed by atoms with Crippen molar-refractivity contribution in [3.63, 3.8) is 0 Å². The van der Waals surface area contributed by atoms with E-state index in [1.807, 2.05) is 0 Å². The second-order valence-corrected chi connectivity index (χ2v) is 5.09. The van der Waals surface area contributed by atoms with Gasteiger partial charge in [0.25, 0.3) is 0 Å². The Kier molecular flexibility index (Phi) is 6.01. The minimum absolute atomic E-state index is 0.143. The molecule has 0 radical (unpaired) electrons. The van der Waals surface area contributed by atoms with Gasteiger partial charge in [-0.1, -0.05) is 11.6 Å². The number of aliphatic hydroxyl groups is 2. The molecule has 1 amide bonds. The molecule has 18 heavy (non-hydrogen) atoms.